The van der Waals surface area contributed by atoms with E-state index in [4.69, 9.17) is 32.7 Å². The number of hydrogen-bond acceptors (Lipinski definition) is 6. The standard InChI is InChI=1S/C24H25Cl2N3O5/c25-16-13-19(26)23-15(11-21(24(31)32)28-20(23)14-16)12-22(30)27-17-1-3-18(4-2-17)34-10-7-29-5-8-33-9-6-29/h1-4,12-14,21,28H,5-11H2,(H,27,30)(H,31,32)/b15-12+. The SMILES string of the molecule is O=C(/C=C1\CC(C(=O)O)Nc2cc(Cl)cc(Cl)c21)Nc1ccc(OCCN2CCOCC2)cc1. The van der Waals surface area contributed by atoms with Gasteiger partial charge < -0.3 is 25.2 Å². The number of benzene rings is 2. The fraction of sp³-hybridized carbons (Fsp3) is 0.333. The fourth-order valence-corrected chi connectivity index (χ4v) is 4.56. The van der Waals surface area contributed by atoms with E-state index >= 15 is 0 Å². The van der Waals surface area contributed by atoms with Crippen LogP contribution in [0.15, 0.2) is 42.5 Å². The molecule has 0 bridgehead atoms. The zero-order chi connectivity index (χ0) is 24.1. The Bertz CT molecular complexity index is 1080. The van der Waals surface area contributed by atoms with Crippen molar-refractivity contribution in [3.63, 3.8) is 0 Å². The maximum atomic E-state index is 12.7. The number of carboxylic acid groups (broad SMARTS) is 1. The smallest absolute Gasteiger partial charge is 0.326 e. The molecule has 0 saturated carbocycles. The third-order valence-corrected chi connectivity index (χ3v) is 6.15. The topological polar surface area (TPSA) is 100 Å². The molecule has 3 N–H and O–H groups in total. The van der Waals surface area contributed by atoms with Crippen molar-refractivity contribution >= 4 is 52.0 Å². The molecule has 0 spiro atoms. The lowest BCUT2D eigenvalue weighted by Gasteiger charge is -2.27. The summed E-state index contributed by atoms with van der Waals surface area (Å²) in [6, 6.07) is 9.36. The summed E-state index contributed by atoms with van der Waals surface area (Å²) in [6.07, 6.45) is 1.48. The molecule has 0 aliphatic carbocycles. The van der Waals surface area contributed by atoms with Crippen LogP contribution in [0.4, 0.5) is 11.4 Å². The molecular formula is C24H25Cl2N3O5. The van der Waals surface area contributed by atoms with Crippen molar-refractivity contribution in [1.82, 2.24) is 4.90 Å². The molecule has 2 aromatic rings. The summed E-state index contributed by atoms with van der Waals surface area (Å²) >= 11 is 12.4. The van der Waals surface area contributed by atoms with E-state index in [1.165, 1.54) is 6.08 Å². The van der Waals surface area contributed by atoms with Gasteiger partial charge in [-0.25, -0.2) is 4.79 Å². The summed E-state index contributed by atoms with van der Waals surface area (Å²) in [5.41, 5.74) is 2.16. The number of morpholine rings is 1. The average molecular weight is 506 g/mol. The van der Waals surface area contributed by atoms with Crippen LogP contribution >= 0.6 is 23.2 Å². The van der Waals surface area contributed by atoms with Crippen molar-refractivity contribution in [3.05, 3.63) is 58.1 Å². The largest absolute Gasteiger partial charge is 0.492 e. The predicted molar refractivity (Wildman–Crippen MR) is 132 cm³/mol. The Morgan fingerprint density at radius 2 is 1.94 bits per heavy atom. The number of aliphatic carboxylic acids is 1. The van der Waals surface area contributed by atoms with E-state index in [9.17, 15) is 14.7 Å². The normalized spacial score (nSPS) is 19.2. The Labute approximate surface area is 207 Å². The Balaban J connectivity index is 1.39. The monoisotopic (exact) mass is 505 g/mol. The van der Waals surface area contributed by atoms with Crippen molar-refractivity contribution in [2.24, 2.45) is 0 Å². The highest BCUT2D eigenvalue weighted by Gasteiger charge is 2.29. The summed E-state index contributed by atoms with van der Waals surface area (Å²) in [5, 5.41) is 15.9. The van der Waals surface area contributed by atoms with Gasteiger partial charge >= 0.3 is 5.97 Å². The quantitative estimate of drug-likeness (QED) is 0.489. The first-order valence-corrected chi connectivity index (χ1v) is 11.7. The summed E-state index contributed by atoms with van der Waals surface area (Å²) in [7, 11) is 0. The Morgan fingerprint density at radius 1 is 1.21 bits per heavy atom. The van der Waals surface area contributed by atoms with Crippen LogP contribution in [-0.2, 0) is 14.3 Å². The molecule has 10 heteroatoms. The van der Waals surface area contributed by atoms with Gasteiger partial charge in [0.15, 0.2) is 0 Å². The van der Waals surface area contributed by atoms with Crippen LogP contribution < -0.4 is 15.4 Å². The van der Waals surface area contributed by atoms with Gasteiger partial charge in [0.25, 0.3) is 0 Å². The minimum Gasteiger partial charge on any atom is -0.492 e. The number of anilines is 2. The molecule has 2 heterocycles. The van der Waals surface area contributed by atoms with Crippen LogP contribution in [-0.4, -0.2) is 67.4 Å². The number of hydrogen-bond donors (Lipinski definition) is 3. The number of halogens is 2. The maximum Gasteiger partial charge on any atom is 0.326 e. The van der Waals surface area contributed by atoms with E-state index in [1.54, 1.807) is 36.4 Å². The second-order valence-corrected chi connectivity index (χ2v) is 8.88. The van der Waals surface area contributed by atoms with Gasteiger partial charge in [0.2, 0.25) is 5.91 Å². The van der Waals surface area contributed by atoms with Crippen LogP contribution in [0, 0.1) is 0 Å². The third kappa shape index (κ3) is 6.21. The van der Waals surface area contributed by atoms with Crippen molar-refractivity contribution in [3.8, 4) is 5.75 Å². The number of carboxylic acids is 1. The molecule has 0 radical (unpaired) electrons. The molecule has 1 fully saturated rings. The number of amides is 1. The molecule has 2 aromatic carbocycles. The van der Waals surface area contributed by atoms with Crippen LogP contribution in [0.5, 0.6) is 5.75 Å². The Morgan fingerprint density at radius 3 is 2.65 bits per heavy atom. The number of carbonyl (C=O) groups is 2. The van der Waals surface area contributed by atoms with Crippen molar-refractivity contribution in [2.45, 2.75) is 12.5 Å². The molecule has 1 unspecified atom stereocenters. The highest BCUT2D eigenvalue weighted by molar-refractivity contribution is 6.36. The predicted octanol–water partition coefficient (Wildman–Crippen LogP) is 4.00. The Kier molecular flexibility index (Phi) is 7.95. The van der Waals surface area contributed by atoms with Gasteiger partial charge in [-0.05, 0) is 42.0 Å². The first-order valence-electron chi connectivity index (χ1n) is 10.9. The molecule has 34 heavy (non-hydrogen) atoms. The molecular weight excluding hydrogens is 481 g/mol. The van der Waals surface area contributed by atoms with Crippen LogP contribution in [0.3, 0.4) is 0 Å². The van der Waals surface area contributed by atoms with Crippen LogP contribution in [0.25, 0.3) is 5.57 Å². The summed E-state index contributed by atoms with van der Waals surface area (Å²) in [5.74, 6) is -0.707. The Hall–Kier alpha value is -2.78. The fourth-order valence-electron chi connectivity index (χ4n) is 3.94. The van der Waals surface area contributed by atoms with Gasteiger partial charge in [-0.1, -0.05) is 23.2 Å². The highest BCUT2D eigenvalue weighted by atomic mass is 35.5. The number of rotatable bonds is 7. The van der Waals surface area contributed by atoms with Gasteiger partial charge in [0.05, 0.1) is 18.2 Å². The minimum atomic E-state index is -1.03. The van der Waals surface area contributed by atoms with Crippen LogP contribution in [0.1, 0.15) is 12.0 Å². The number of nitrogens with one attached hydrogen (secondary N) is 2. The van der Waals surface area contributed by atoms with E-state index in [0.29, 0.717) is 44.9 Å². The summed E-state index contributed by atoms with van der Waals surface area (Å²) in [4.78, 5) is 26.6. The van der Waals surface area contributed by atoms with E-state index in [1.807, 2.05) is 0 Å². The molecule has 1 saturated heterocycles. The lowest BCUT2D eigenvalue weighted by Crippen LogP contribution is -2.38. The molecule has 2 aliphatic heterocycles. The highest BCUT2D eigenvalue weighted by Crippen LogP contribution is 2.40. The number of nitrogens with zero attached hydrogens (tertiary/aromatic N) is 1. The molecule has 0 aromatic heterocycles. The van der Waals surface area contributed by atoms with E-state index in [2.05, 4.69) is 15.5 Å². The van der Waals surface area contributed by atoms with Crippen molar-refractivity contribution in [1.29, 1.82) is 0 Å². The van der Waals surface area contributed by atoms with E-state index in [0.717, 1.165) is 32.8 Å². The second kappa shape index (κ2) is 11.1. The van der Waals surface area contributed by atoms with Gasteiger partial charge in [-0.15, -0.1) is 0 Å². The summed E-state index contributed by atoms with van der Waals surface area (Å²) < 4.78 is 11.1. The third-order valence-electron chi connectivity index (χ3n) is 5.64. The maximum absolute atomic E-state index is 12.7. The van der Waals surface area contributed by atoms with Gasteiger partial charge in [-0.3, -0.25) is 9.69 Å². The van der Waals surface area contributed by atoms with E-state index < -0.39 is 12.0 Å². The molecule has 4 rings (SSSR count). The molecule has 1 atom stereocenters. The first kappa shape index (κ1) is 24.3. The van der Waals surface area contributed by atoms with Crippen molar-refractivity contribution < 1.29 is 24.2 Å². The zero-order valence-electron chi connectivity index (χ0n) is 18.4. The van der Waals surface area contributed by atoms with Crippen molar-refractivity contribution in [2.75, 3.05) is 50.1 Å². The molecule has 2 aliphatic rings. The number of fused-ring (bicyclic) bond motifs is 1. The lowest BCUT2D eigenvalue weighted by atomic mass is 9.92. The molecule has 180 valence electrons. The second-order valence-electron chi connectivity index (χ2n) is 8.04. The number of ether oxygens (including phenoxy) is 2. The van der Waals surface area contributed by atoms with Crippen LogP contribution in [0.2, 0.25) is 10.0 Å². The summed E-state index contributed by atoms with van der Waals surface area (Å²) in [6.45, 7) is 4.73. The van der Waals surface area contributed by atoms with E-state index in [-0.39, 0.29) is 12.3 Å². The average Bonchev–Trinajstić information content (AvgIpc) is 2.80. The zero-order valence-corrected chi connectivity index (χ0v) is 19.9. The number of carbonyl (C=O) groups excluding carboxylic acids is 1. The first-order chi connectivity index (χ1) is 16.4. The van der Waals surface area contributed by atoms with Gasteiger partial charge in [0.1, 0.15) is 18.4 Å². The van der Waals surface area contributed by atoms with Gasteiger partial charge in [0, 0.05) is 54.1 Å². The molecule has 1 amide bonds. The molecule has 8 nitrogen and oxygen atoms in total. The van der Waals surface area contributed by atoms with Gasteiger partial charge in [-0.2, -0.15) is 0 Å². The lowest BCUT2D eigenvalue weighted by molar-refractivity contribution is -0.137. The minimum absolute atomic E-state index is 0.104.